The molecule has 1 fully saturated rings. The van der Waals surface area contributed by atoms with E-state index in [9.17, 15) is 9.18 Å². The van der Waals surface area contributed by atoms with Gasteiger partial charge in [-0.25, -0.2) is 18.9 Å². The third kappa shape index (κ3) is 5.23. The molecular weight excluding hydrogens is 448 g/mol. The average Bonchev–Trinajstić information content (AvgIpc) is 3.27. The van der Waals surface area contributed by atoms with E-state index in [1.165, 1.54) is 12.1 Å². The van der Waals surface area contributed by atoms with Gasteiger partial charge in [0.25, 0.3) is 0 Å². The molecule has 1 aromatic carbocycles. The van der Waals surface area contributed by atoms with Gasteiger partial charge in [0.2, 0.25) is 0 Å². The Morgan fingerprint density at radius 3 is 2.17 bits per heavy atom. The van der Waals surface area contributed by atoms with Crippen molar-refractivity contribution in [2.45, 2.75) is 65.1 Å². The Morgan fingerprint density at radius 2 is 1.63 bits per heavy atom. The van der Waals surface area contributed by atoms with E-state index in [4.69, 9.17) is 9.31 Å². The van der Waals surface area contributed by atoms with Gasteiger partial charge in [0, 0.05) is 23.1 Å². The second-order valence-corrected chi connectivity index (χ2v) is 10.7. The van der Waals surface area contributed by atoms with Gasteiger partial charge < -0.3 is 9.31 Å². The Balaban J connectivity index is 1.49. The molecule has 1 aliphatic rings. The van der Waals surface area contributed by atoms with Crippen LogP contribution in [0.5, 0.6) is 0 Å². The predicted molar refractivity (Wildman–Crippen MR) is 135 cm³/mol. The van der Waals surface area contributed by atoms with Crippen LogP contribution in [-0.4, -0.2) is 39.1 Å². The summed E-state index contributed by atoms with van der Waals surface area (Å²) >= 11 is 0. The van der Waals surface area contributed by atoms with Crippen molar-refractivity contribution in [2.75, 3.05) is 10.6 Å². The Kier molecular flexibility index (Phi) is 6.23. The van der Waals surface area contributed by atoms with E-state index in [2.05, 4.69) is 20.7 Å². The Morgan fingerprint density at radius 1 is 1.00 bits per heavy atom. The van der Waals surface area contributed by atoms with Crippen LogP contribution in [0.3, 0.4) is 0 Å². The van der Waals surface area contributed by atoms with E-state index in [-0.39, 0.29) is 11.2 Å². The van der Waals surface area contributed by atoms with Crippen molar-refractivity contribution in [3.63, 3.8) is 0 Å². The normalized spacial score (nSPS) is 16.9. The number of urea groups is 1. The molecule has 10 heteroatoms. The zero-order chi connectivity index (χ0) is 25.6. The minimum absolute atomic E-state index is 0.247. The lowest BCUT2D eigenvalue weighted by molar-refractivity contribution is 0.00578. The van der Waals surface area contributed by atoms with Crippen molar-refractivity contribution >= 4 is 30.2 Å². The van der Waals surface area contributed by atoms with E-state index in [1.54, 1.807) is 35.1 Å². The number of anilines is 2. The predicted octanol–water partition coefficient (Wildman–Crippen LogP) is 4.65. The number of carbonyl (C=O) groups excluding carboxylic acids is 1. The molecule has 2 aromatic heterocycles. The van der Waals surface area contributed by atoms with Crippen LogP contribution >= 0.6 is 0 Å². The average molecular weight is 479 g/mol. The van der Waals surface area contributed by atoms with Crippen LogP contribution in [0.15, 0.2) is 48.7 Å². The maximum absolute atomic E-state index is 13.4. The van der Waals surface area contributed by atoms with Crippen LogP contribution in [-0.2, 0) is 14.7 Å². The van der Waals surface area contributed by atoms with Crippen LogP contribution in [0.2, 0.25) is 0 Å². The molecule has 0 saturated carbocycles. The highest BCUT2D eigenvalue weighted by Gasteiger charge is 2.51. The van der Waals surface area contributed by atoms with Crippen molar-refractivity contribution in [2.24, 2.45) is 0 Å². The molecule has 1 aliphatic heterocycles. The van der Waals surface area contributed by atoms with Crippen molar-refractivity contribution in [3.05, 3.63) is 60.2 Å². The van der Waals surface area contributed by atoms with Crippen LogP contribution in [0, 0.1) is 5.82 Å². The first-order valence-electron chi connectivity index (χ1n) is 11.5. The number of nitrogens with zero attached hydrogens (tertiary/aromatic N) is 3. The molecular formula is C25H31BFN5O3. The SMILES string of the molecule is CC(C)(C)c1cc(NC(=O)Nc2ccc(B3OC(C)(C)C(C)(C)O3)cn2)n(-c2ccc(F)cc2)n1. The van der Waals surface area contributed by atoms with Crippen molar-refractivity contribution < 1.29 is 18.5 Å². The quantitative estimate of drug-likeness (QED) is 0.532. The van der Waals surface area contributed by atoms with Crippen LogP contribution in [0.4, 0.5) is 20.8 Å². The molecule has 4 rings (SSSR count). The van der Waals surface area contributed by atoms with Crippen molar-refractivity contribution in [1.29, 1.82) is 0 Å². The number of nitrogens with one attached hydrogen (secondary N) is 2. The van der Waals surface area contributed by atoms with Gasteiger partial charge >= 0.3 is 13.1 Å². The van der Waals surface area contributed by atoms with Gasteiger partial charge in [-0.1, -0.05) is 26.8 Å². The van der Waals surface area contributed by atoms with Gasteiger partial charge in [0.05, 0.1) is 22.6 Å². The Bertz CT molecular complexity index is 1200. The molecule has 0 bridgehead atoms. The third-order valence-corrected chi connectivity index (χ3v) is 6.34. The fraction of sp³-hybridized carbons (Fsp3) is 0.400. The molecule has 35 heavy (non-hydrogen) atoms. The molecule has 0 unspecified atom stereocenters. The van der Waals surface area contributed by atoms with Crippen molar-refractivity contribution in [3.8, 4) is 5.69 Å². The summed E-state index contributed by atoms with van der Waals surface area (Å²) in [6.45, 7) is 14.0. The van der Waals surface area contributed by atoms with Gasteiger partial charge in [0.15, 0.2) is 0 Å². The summed E-state index contributed by atoms with van der Waals surface area (Å²) in [5.74, 6) is 0.471. The zero-order valence-electron chi connectivity index (χ0n) is 21.1. The minimum Gasteiger partial charge on any atom is -0.399 e. The van der Waals surface area contributed by atoms with Crippen LogP contribution in [0.25, 0.3) is 5.69 Å². The smallest absolute Gasteiger partial charge is 0.399 e. The molecule has 184 valence electrons. The number of aromatic nitrogens is 3. The Labute approximate surface area is 205 Å². The first-order chi connectivity index (χ1) is 16.2. The third-order valence-electron chi connectivity index (χ3n) is 6.34. The molecule has 1 saturated heterocycles. The lowest BCUT2D eigenvalue weighted by atomic mass is 9.80. The summed E-state index contributed by atoms with van der Waals surface area (Å²) < 4.78 is 27.1. The first-order valence-corrected chi connectivity index (χ1v) is 11.5. The number of hydrogen-bond acceptors (Lipinski definition) is 5. The van der Waals surface area contributed by atoms with Gasteiger partial charge in [-0.05, 0) is 58.0 Å². The number of amides is 2. The highest BCUT2D eigenvalue weighted by molar-refractivity contribution is 6.62. The summed E-state index contributed by atoms with van der Waals surface area (Å²) in [4.78, 5) is 17.1. The molecule has 0 radical (unpaired) electrons. The number of benzene rings is 1. The topological polar surface area (TPSA) is 90.3 Å². The fourth-order valence-corrected chi connectivity index (χ4v) is 3.48. The maximum Gasteiger partial charge on any atom is 0.496 e. The summed E-state index contributed by atoms with van der Waals surface area (Å²) in [6.07, 6.45) is 1.62. The largest absolute Gasteiger partial charge is 0.496 e. The van der Waals surface area contributed by atoms with E-state index < -0.39 is 24.4 Å². The highest BCUT2D eigenvalue weighted by atomic mass is 19.1. The van der Waals surface area contributed by atoms with Crippen LogP contribution in [0.1, 0.15) is 54.2 Å². The summed E-state index contributed by atoms with van der Waals surface area (Å²) in [5.41, 5.74) is 1.02. The molecule has 8 nitrogen and oxygen atoms in total. The summed E-state index contributed by atoms with van der Waals surface area (Å²) in [6, 6.07) is 10.7. The van der Waals surface area contributed by atoms with E-state index >= 15 is 0 Å². The van der Waals surface area contributed by atoms with Crippen molar-refractivity contribution in [1.82, 2.24) is 14.8 Å². The number of halogens is 1. The maximum atomic E-state index is 13.4. The first kappa shape index (κ1) is 24.9. The second kappa shape index (κ2) is 8.76. The summed E-state index contributed by atoms with van der Waals surface area (Å²) in [7, 11) is -0.531. The second-order valence-electron chi connectivity index (χ2n) is 10.7. The fourth-order valence-electron chi connectivity index (χ4n) is 3.48. The van der Waals surface area contributed by atoms with Gasteiger partial charge in [-0.3, -0.25) is 10.6 Å². The minimum atomic E-state index is -0.531. The number of rotatable bonds is 4. The Hall–Kier alpha value is -3.24. The standard InChI is InChI=1S/C25H31BFN5O3/c1-23(2,3)19-14-21(32(31-19)18-11-9-17(27)10-12-18)30-22(33)29-20-13-8-16(15-28-20)26-34-24(4,5)25(6,7)35-26/h8-15H,1-7H3,(H2,28,29,30,33). The molecule has 2 N–H and O–H groups in total. The highest BCUT2D eigenvalue weighted by Crippen LogP contribution is 2.36. The van der Waals surface area contributed by atoms with Crippen LogP contribution < -0.4 is 16.1 Å². The number of hydrogen-bond donors (Lipinski definition) is 2. The lowest BCUT2D eigenvalue weighted by Crippen LogP contribution is -2.41. The molecule has 0 spiro atoms. The van der Waals surface area contributed by atoms with E-state index in [0.717, 1.165) is 11.2 Å². The van der Waals surface area contributed by atoms with E-state index in [1.807, 2.05) is 54.5 Å². The number of carbonyl (C=O) groups is 1. The van der Waals surface area contributed by atoms with Gasteiger partial charge in [0.1, 0.15) is 17.5 Å². The zero-order valence-corrected chi connectivity index (χ0v) is 21.1. The molecule has 0 atom stereocenters. The summed E-state index contributed by atoms with van der Waals surface area (Å²) in [5, 5.41) is 10.2. The molecule has 0 aliphatic carbocycles. The molecule has 2 amide bonds. The number of pyridine rings is 1. The van der Waals surface area contributed by atoms with Gasteiger partial charge in [-0.2, -0.15) is 5.10 Å². The lowest BCUT2D eigenvalue weighted by Gasteiger charge is -2.32. The molecule has 3 heterocycles. The van der Waals surface area contributed by atoms with Gasteiger partial charge in [-0.15, -0.1) is 0 Å². The van der Waals surface area contributed by atoms with E-state index in [0.29, 0.717) is 17.3 Å². The monoisotopic (exact) mass is 479 g/mol. The molecule has 3 aromatic rings.